The van der Waals surface area contributed by atoms with Crippen LogP contribution in [0.25, 0.3) is 0 Å². The van der Waals surface area contributed by atoms with Crippen LogP contribution in [-0.4, -0.2) is 74.9 Å². The summed E-state index contributed by atoms with van der Waals surface area (Å²) in [6, 6.07) is 1.33. The van der Waals surface area contributed by atoms with E-state index in [-0.39, 0.29) is 0 Å². The van der Waals surface area contributed by atoms with Crippen LogP contribution >= 0.6 is 0 Å². The van der Waals surface area contributed by atoms with Crippen LogP contribution in [0.4, 0.5) is 0 Å². The Balaban J connectivity index is 2.16. The quantitative estimate of drug-likeness (QED) is 0.657. The summed E-state index contributed by atoms with van der Waals surface area (Å²) in [6.07, 6.45) is 1.10. The van der Waals surface area contributed by atoms with Crippen molar-refractivity contribution in [3.8, 4) is 0 Å². The molecule has 2 unspecified atom stereocenters. The first-order chi connectivity index (χ1) is 8.69. The van der Waals surface area contributed by atoms with E-state index in [2.05, 4.69) is 35.9 Å². The van der Waals surface area contributed by atoms with E-state index in [0.29, 0.717) is 12.1 Å². The van der Waals surface area contributed by atoms with Crippen LogP contribution in [0.2, 0.25) is 0 Å². The second-order valence-electron chi connectivity index (χ2n) is 5.37. The van der Waals surface area contributed by atoms with Crippen LogP contribution in [0.15, 0.2) is 0 Å². The molecule has 0 aromatic carbocycles. The summed E-state index contributed by atoms with van der Waals surface area (Å²) >= 11 is 0. The van der Waals surface area contributed by atoms with Crippen molar-refractivity contribution in [2.75, 3.05) is 53.0 Å². The maximum absolute atomic E-state index is 5.05. The molecule has 18 heavy (non-hydrogen) atoms. The van der Waals surface area contributed by atoms with Crippen molar-refractivity contribution in [2.24, 2.45) is 0 Å². The van der Waals surface area contributed by atoms with Crippen LogP contribution in [0.5, 0.6) is 0 Å². The van der Waals surface area contributed by atoms with Crippen LogP contribution in [0.3, 0.4) is 0 Å². The van der Waals surface area contributed by atoms with Crippen LogP contribution in [-0.2, 0) is 4.74 Å². The molecule has 4 nitrogen and oxygen atoms in total. The fourth-order valence-corrected chi connectivity index (χ4v) is 2.68. The first kappa shape index (κ1) is 15.9. The number of nitrogens with one attached hydrogen (secondary N) is 1. The summed E-state index contributed by atoms with van der Waals surface area (Å²) in [7, 11) is 1.76. The molecule has 1 aliphatic heterocycles. The summed E-state index contributed by atoms with van der Waals surface area (Å²) in [6.45, 7) is 14.7. The SMILES string of the molecule is CCN1CCN(C(C)CNCCCOC)CC1C. The molecule has 0 spiro atoms. The molecular weight excluding hydrogens is 226 g/mol. The molecule has 4 heteroatoms. The highest BCUT2D eigenvalue weighted by atomic mass is 16.5. The molecular formula is C14H31N3O. The molecule has 0 bridgehead atoms. The van der Waals surface area contributed by atoms with E-state index in [1.807, 2.05) is 0 Å². The van der Waals surface area contributed by atoms with Gasteiger partial charge in [-0.1, -0.05) is 6.92 Å². The fourth-order valence-electron chi connectivity index (χ4n) is 2.68. The standard InChI is InChI=1S/C14H31N3O/c1-5-16-8-9-17(12-14(16)3)13(2)11-15-7-6-10-18-4/h13-15H,5-12H2,1-4H3. The third kappa shape index (κ3) is 5.22. The lowest BCUT2D eigenvalue weighted by atomic mass is 10.1. The summed E-state index contributed by atoms with van der Waals surface area (Å²) in [4.78, 5) is 5.18. The third-order valence-electron chi connectivity index (χ3n) is 3.97. The highest BCUT2D eigenvalue weighted by molar-refractivity contribution is 4.82. The van der Waals surface area contributed by atoms with Gasteiger partial charge in [0.05, 0.1) is 0 Å². The molecule has 1 rings (SSSR count). The lowest BCUT2D eigenvalue weighted by molar-refractivity contribution is 0.0635. The van der Waals surface area contributed by atoms with E-state index in [0.717, 1.165) is 26.1 Å². The maximum atomic E-state index is 5.05. The Morgan fingerprint density at radius 3 is 2.78 bits per heavy atom. The molecule has 0 aromatic rings. The highest BCUT2D eigenvalue weighted by Crippen LogP contribution is 2.11. The van der Waals surface area contributed by atoms with Gasteiger partial charge in [-0.3, -0.25) is 9.80 Å². The van der Waals surface area contributed by atoms with Gasteiger partial charge in [0.2, 0.25) is 0 Å². The van der Waals surface area contributed by atoms with E-state index in [9.17, 15) is 0 Å². The monoisotopic (exact) mass is 257 g/mol. The molecule has 0 radical (unpaired) electrons. The number of likely N-dealkylation sites (N-methyl/N-ethyl adjacent to an activating group) is 1. The number of nitrogens with zero attached hydrogens (tertiary/aromatic N) is 2. The van der Waals surface area contributed by atoms with Gasteiger partial charge < -0.3 is 10.1 Å². The van der Waals surface area contributed by atoms with Crippen molar-refractivity contribution in [2.45, 2.75) is 39.3 Å². The van der Waals surface area contributed by atoms with Gasteiger partial charge in [0.1, 0.15) is 0 Å². The molecule has 0 amide bonds. The minimum Gasteiger partial charge on any atom is -0.385 e. The molecule has 1 saturated heterocycles. The fraction of sp³-hybridized carbons (Fsp3) is 1.00. The predicted octanol–water partition coefficient (Wildman–Crippen LogP) is 1.03. The molecule has 0 saturated carbocycles. The van der Waals surface area contributed by atoms with Gasteiger partial charge in [-0.15, -0.1) is 0 Å². The number of hydrogen-bond acceptors (Lipinski definition) is 4. The van der Waals surface area contributed by atoms with Crippen molar-refractivity contribution in [3.05, 3.63) is 0 Å². The van der Waals surface area contributed by atoms with Gasteiger partial charge in [0.25, 0.3) is 0 Å². The zero-order chi connectivity index (χ0) is 13.4. The Hall–Kier alpha value is -0.160. The average Bonchev–Trinajstić information content (AvgIpc) is 2.38. The second-order valence-corrected chi connectivity index (χ2v) is 5.37. The minimum atomic E-state index is 0.633. The Kier molecular flexibility index (Phi) is 7.82. The van der Waals surface area contributed by atoms with E-state index in [1.165, 1.54) is 26.2 Å². The number of methoxy groups -OCH3 is 1. The van der Waals surface area contributed by atoms with E-state index in [1.54, 1.807) is 7.11 Å². The van der Waals surface area contributed by atoms with Crippen LogP contribution in [0, 0.1) is 0 Å². The molecule has 1 aliphatic rings. The highest BCUT2D eigenvalue weighted by Gasteiger charge is 2.24. The molecule has 0 aliphatic carbocycles. The van der Waals surface area contributed by atoms with E-state index >= 15 is 0 Å². The Morgan fingerprint density at radius 2 is 2.17 bits per heavy atom. The summed E-state index contributed by atoms with van der Waals surface area (Å²) in [5.74, 6) is 0. The molecule has 0 aromatic heterocycles. The Labute approximate surface area is 113 Å². The van der Waals surface area contributed by atoms with Gasteiger partial charge in [-0.05, 0) is 33.4 Å². The third-order valence-corrected chi connectivity index (χ3v) is 3.97. The topological polar surface area (TPSA) is 27.7 Å². The van der Waals surface area contributed by atoms with E-state index < -0.39 is 0 Å². The number of ether oxygens (including phenoxy) is 1. The number of hydrogen-bond donors (Lipinski definition) is 1. The van der Waals surface area contributed by atoms with Crippen LogP contribution < -0.4 is 5.32 Å². The van der Waals surface area contributed by atoms with Crippen molar-refractivity contribution < 1.29 is 4.74 Å². The van der Waals surface area contributed by atoms with Gasteiger partial charge in [0, 0.05) is 52.0 Å². The van der Waals surface area contributed by atoms with Crippen molar-refractivity contribution in [3.63, 3.8) is 0 Å². The molecule has 1 heterocycles. The summed E-state index contributed by atoms with van der Waals surface area (Å²) in [5, 5.41) is 3.52. The molecule has 108 valence electrons. The second kappa shape index (κ2) is 8.86. The smallest absolute Gasteiger partial charge is 0.0474 e. The normalized spacial score (nSPS) is 24.3. The average molecular weight is 257 g/mol. The lowest BCUT2D eigenvalue weighted by Crippen LogP contribution is -2.55. The molecule has 1 fully saturated rings. The Bertz CT molecular complexity index is 213. The van der Waals surface area contributed by atoms with Gasteiger partial charge in [0.15, 0.2) is 0 Å². The Morgan fingerprint density at radius 1 is 1.39 bits per heavy atom. The molecule has 2 atom stereocenters. The van der Waals surface area contributed by atoms with Crippen molar-refractivity contribution >= 4 is 0 Å². The number of piperazine rings is 1. The minimum absolute atomic E-state index is 0.633. The van der Waals surface area contributed by atoms with Gasteiger partial charge >= 0.3 is 0 Å². The van der Waals surface area contributed by atoms with Crippen LogP contribution in [0.1, 0.15) is 27.2 Å². The zero-order valence-corrected chi connectivity index (χ0v) is 12.6. The summed E-state index contributed by atoms with van der Waals surface area (Å²) < 4.78 is 5.05. The lowest BCUT2D eigenvalue weighted by Gasteiger charge is -2.42. The first-order valence-electron chi connectivity index (χ1n) is 7.36. The van der Waals surface area contributed by atoms with E-state index in [4.69, 9.17) is 4.74 Å². The largest absolute Gasteiger partial charge is 0.385 e. The zero-order valence-electron chi connectivity index (χ0n) is 12.6. The molecule has 1 N–H and O–H groups in total. The van der Waals surface area contributed by atoms with Crippen molar-refractivity contribution in [1.82, 2.24) is 15.1 Å². The first-order valence-corrected chi connectivity index (χ1v) is 7.36. The van der Waals surface area contributed by atoms with Gasteiger partial charge in [-0.2, -0.15) is 0 Å². The number of rotatable bonds is 8. The maximum Gasteiger partial charge on any atom is 0.0474 e. The predicted molar refractivity (Wildman–Crippen MR) is 77.1 cm³/mol. The summed E-state index contributed by atoms with van der Waals surface area (Å²) in [5.41, 5.74) is 0. The van der Waals surface area contributed by atoms with Crippen molar-refractivity contribution in [1.29, 1.82) is 0 Å². The van der Waals surface area contributed by atoms with Gasteiger partial charge in [-0.25, -0.2) is 0 Å².